The SMILES string of the molecule is CCCCCCOc1ccc(PC(=O)c2c(C)cc(C(C)(C)C)cc2C)cc1.[LiH]. The van der Waals surface area contributed by atoms with Crippen molar-refractivity contribution < 1.29 is 9.53 Å². The van der Waals surface area contributed by atoms with E-state index in [-0.39, 0.29) is 38.4 Å². The zero-order valence-electron chi connectivity index (χ0n) is 18.3. The van der Waals surface area contributed by atoms with Gasteiger partial charge in [-0.25, -0.2) is 0 Å². The van der Waals surface area contributed by atoms with Gasteiger partial charge in [-0.2, -0.15) is 0 Å². The molecule has 0 saturated carbocycles. The summed E-state index contributed by atoms with van der Waals surface area (Å²) in [6, 6.07) is 12.3. The molecule has 0 fully saturated rings. The first-order chi connectivity index (χ1) is 13.2. The van der Waals surface area contributed by atoms with E-state index in [1.165, 1.54) is 24.8 Å². The van der Waals surface area contributed by atoms with Gasteiger partial charge in [0.15, 0.2) is 5.52 Å². The van der Waals surface area contributed by atoms with E-state index in [9.17, 15) is 4.79 Å². The molecule has 0 N–H and O–H groups in total. The van der Waals surface area contributed by atoms with Crippen molar-refractivity contribution in [2.75, 3.05) is 6.61 Å². The summed E-state index contributed by atoms with van der Waals surface area (Å²) in [5, 5.41) is 1.06. The molecule has 1 unspecified atom stereocenters. The van der Waals surface area contributed by atoms with Crippen molar-refractivity contribution in [1.82, 2.24) is 0 Å². The Morgan fingerprint density at radius 3 is 2.07 bits per heavy atom. The topological polar surface area (TPSA) is 26.3 Å². The molecule has 2 aromatic rings. The normalized spacial score (nSPS) is 11.5. The van der Waals surface area contributed by atoms with Gasteiger partial charge in [0.1, 0.15) is 5.75 Å². The number of ether oxygens (including phenoxy) is 1. The van der Waals surface area contributed by atoms with E-state index >= 15 is 0 Å². The summed E-state index contributed by atoms with van der Waals surface area (Å²) in [6.07, 6.45) is 4.82. The van der Waals surface area contributed by atoms with Crippen LogP contribution in [0, 0.1) is 13.8 Å². The average molecular weight is 406 g/mol. The minimum absolute atomic E-state index is 0. The van der Waals surface area contributed by atoms with Gasteiger partial charge >= 0.3 is 18.9 Å². The van der Waals surface area contributed by atoms with Crippen LogP contribution in [0.1, 0.15) is 80.4 Å². The van der Waals surface area contributed by atoms with Crippen LogP contribution in [0.2, 0.25) is 0 Å². The molecule has 0 heterocycles. The van der Waals surface area contributed by atoms with Crippen molar-refractivity contribution in [3.63, 3.8) is 0 Å². The van der Waals surface area contributed by atoms with E-state index in [1.807, 2.05) is 24.3 Å². The van der Waals surface area contributed by atoms with Crippen molar-refractivity contribution in [3.8, 4) is 5.75 Å². The van der Waals surface area contributed by atoms with Gasteiger partial charge in [-0.1, -0.05) is 71.2 Å². The van der Waals surface area contributed by atoms with E-state index < -0.39 is 0 Å². The van der Waals surface area contributed by atoms with E-state index in [1.54, 1.807) is 0 Å². The molecule has 0 aromatic heterocycles. The second kappa shape index (κ2) is 12.0. The number of carbonyl (C=O) groups is 1. The molecule has 1 atom stereocenters. The summed E-state index contributed by atoms with van der Waals surface area (Å²) >= 11 is 0. The van der Waals surface area contributed by atoms with Crippen molar-refractivity contribution in [1.29, 1.82) is 0 Å². The summed E-state index contributed by atoms with van der Waals surface area (Å²) in [6.45, 7) is 13.7. The molecule has 2 rings (SSSR count). The van der Waals surface area contributed by atoms with Crippen LogP contribution in [-0.4, -0.2) is 31.0 Å². The molecule has 29 heavy (non-hydrogen) atoms. The van der Waals surface area contributed by atoms with Gasteiger partial charge in [0.25, 0.3) is 0 Å². The summed E-state index contributed by atoms with van der Waals surface area (Å²) in [7, 11) is 0.136. The molecular formula is C25H36LiO2P. The van der Waals surface area contributed by atoms with E-state index in [0.717, 1.165) is 40.8 Å². The molecule has 0 spiro atoms. The van der Waals surface area contributed by atoms with Gasteiger partial charge in [0.05, 0.1) is 6.61 Å². The Morgan fingerprint density at radius 1 is 0.966 bits per heavy atom. The molecule has 0 radical (unpaired) electrons. The second-order valence-corrected chi connectivity index (χ2v) is 9.90. The zero-order chi connectivity index (χ0) is 20.7. The first-order valence-electron chi connectivity index (χ1n) is 10.4. The van der Waals surface area contributed by atoms with Crippen molar-refractivity contribution >= 4 is 38.3 Å². The predicted octanol–water partition coefficient (Wildman–Crippen LogP) is 6.06. The van der Waals surface area contributed by atoms with Crippen molar-refractivity contribution in [2.45, 2.75) is 72.6 Å². The summed E-state index contributed by atoms with van der Waals surface area (Å²) < 4.78 is 5.80. The van der Waals surface area contributed by atoms with Crippen LogP contribution in [0.3, 0.4) is 0 Å². The van der Waals surface area contributed by atoms with Crippen LogP contribution in [-0.2, 0) is 5.41 Å². The molecule has 0 aliphatic heterocycles. The van der Waals surface area contributed by atoms with Gasteiger partial charge in [0.2, 0.25) is 0 Å². The molecule has 2 nitrogen and oxygen atoms in total. The Morgan fingerprint density at radius 2 is 1.55 bits per heavy atom. The summed E-state index contributed by atoms with van der Waals surface area (Å²) in [4.78, 5) is 13.0. The first-order valence-corrected chi connectivity index (χ1v) is 11.4. The third kappa shape index (κ3) is 7.94. The van der Waals surface area contributed by atoms with Crippen molar-refractivity contribution in [2.24, 2.45) is 0 Å². The summed E-state index contributed by atoms with van der Waals surface area (Å²) in [5.41, 5.74) is 4.61. The van der Waals surface area contributed by atoms with Gasteiger partial charge in [-0.05, 0) is 68.4 Å². The standard InChI is InChI=1S/C25H35O2P.Li.H/c1-7-8-9-10-15-27-21-11-13-22(14-12-21)28-24(26)23-18(2)16-20(17-19(23)3)25(4,5)6;;/h11-14,16-17,28H,7-10,15H2,1-6H3;;. The number of hydrogen-bond acceptors (Lipinski definition) is 2. The Labute approximate surface area is 191 Å². The maximum absolute atomic E-state index is 13.0. The number of aryl methyl sites for hydroxylation is 2. The van der Waals surface area contributed by atoms with Crippen LogP contribution >= 0.6 is 8.58 Å². The van der Waals surface area contributed by atoms with E-state index in [0.29, 0.717) is 0 Å². The number of unbranched alkanes of at least 4 members (excludes halogenated alkanes) is 3. The second-order valence-electron chi connectivity index (χ2n) is 8.62. The number of carbonyl (C=O) groups excluding carboxylic acids is 1. The number of hydrogen-bond donors (Lipinski definition) is 0. The number of rotatable bonds is 9. The molecule has 2 aromatic carbocycles. The monoisotopic (exact) mass is 406 g/mol. The quantitative estimate of drug-likeness (QED) is 0.288. The molecule has 0 amide bonds. The molecule has 154 valence electrons. The van der Waals surface area contributed by atoms with Crippen LogP contribution < -0.4 is 10.0 Å². The Bertz CT molecular complexity index is 768. The molecule has 0 bridgehead atoms. The first kappa shape index (κ1) is 26.0. The summed E-state index contributed by atoms with van der Waals surface area (Å²) in [5.74, 6) is 0.888. The third-order valence-corrected chi connectivity index (χ3v) is 6.10. The Kier molecular flexibility index (Phi) is 10.7. The molecular weight excluding hydrogens is 370 g/mol. The van der Waals surface area contributed by atoms with Crippen LogP contribution in [0.15, 0.2) is 36.4 Å². The fourth-order valence-electron chi connectivity index (χ4n) is 3.30. The van der Waals surface area contributed by atoms with Gasteiger partial charge in [0, 0.05) is 5.56 Å². The average Bonchev–Trinajstić information content (AvgIpc) is 2.61. The van der Waals surface area contributed by atoms with Crippen LogP contribution in [0.5, 0.6) is 5.75 Å². The Hall–Kier alpha value is -1.06. The molecule has 0 aliphatic rings. The molecule has 0 saturated heterocycles. The Balaban J connectivity index is 0.00000420. The van der Waals surface area contributed by atoms with Gasteiger partial charge in [-0.15, -0.1) is 0 Å². The number of benzene rings is 2. The minimum atomic E-state index is 0. The predicted molar refractivity (Wildman–Crippen MR) is 130 cm³/mol. The molecule has 4 heteroatoms. The van der Waals surface area contributed by atoms with E-state index in [2.05, 4.69) is 53.7 Å². The maximum atomic E-state index is 13.0. The third-order valence-electron chi connectivity index (χ3n) is 5.00. The van der Waals surface area contributed by atoms with Crippen molar-refractivity contribution in [3.05, 3.63) is 58.7 Å². The fraction of sp³-hybridized carbons (Fsp3) is 0.480. The van der Waals surface area contributed by atoms with Gasteiger partial charge in [-0.3, -0.25) is 4.79 Å². The van der Waals surface area contributed by atoms with Crippen LogP contribution in [0.25, 0.3) is 0 Å². The van der Waals surface area contributed by atoms with Crippen LogP contribution in [0.4, 0.5) is 0 Å². The van der Waals surface area contributed by atoms with Gasteiger partial charge < -0.3 is 4.74 Å². The fourth-order valence-corrected chi connectivity index (χ4v) is 4.42. The van der Waals surface area contributed by atoms with E-state index in [4.69, 9.17) is 4.74 Å². The molecule has 0 aliphatic carbocycles. The zero-order valence-corrected chi connectivity index (χ0v) is 19.3.